The Labute approximate surface area is 128 Å². The molecule has 1 amide bonds. The number of carboxylic acid groups (broad SMARTS) is 1. The van der Waals surface area contributed by atoms with Gasteiger partial charge in [0, 0.05) is 0 Å². The van der Waals surface area contributed by atoms with Gasteiger partial charge in [0.25, 0.3) is 0 Å². The molecule has 2 rings (SSSR count). The highest BCUT2D eigenvalue weighted by Crippen LogP contribution is 2.21. The Bertz CT molecular complexity index is 703. The molecule has 0 aliphatic rings. The average molecular weight is 301 g/mol. The molecule has 0 unspecified atom stereocenters. The van der Waals surface area contributed by atoms with Crippen LogP contribution in [0.15, 0.2) is 42.5 Å². The molecule has 0 radical (unpaired) electrons. The summed E-state index contributed by atoms with van der Waals surface area (Å²) < 4.78 is 5.11. The fourth-order valence-electron chi connectivity index (χ4n) is 2.10. The summed E-state index contributed by atoms with van der Waals surface area (Å²) in [5.74, 6) is -1.14. The maximum atomic E-state index is 11.8. The highest BCUT2D eigenvalue weighted by Gasteiger charge is 2.25. The monoisotopic (exact) mass is 301 g/mol. The second kappa shape index (κ2) is 6.05. The van der Waals surface area contributed by atoms with Crippen LogP contribution >= 0.6 is 0 Å². The zero-order chi connectivity index (χ0) is 16.3. The number of carbonyl (C=O) groups is 2. The van der Waals surface area contributed by atoms with Gasteiger partial charge < -0.3 is 15.2 Å². The van der Waals surface area contributed by atoms with Crippen molar-refractivity contribution in [1.29, 1.82) is 0 Å². The molecule has 0 spiro atoms. The molecule has 2 aromatic rings. The van der Waals surface area contributed by atoms with Gasteiger partial charge in [0.15, 0.2) is 6.04 Å². The highest BCUT2D eigenvalue weighted by molar-refractivity contribution is 5.86. The fourth-order valence-corrected chi connectivity index (χ4v) is 2.10. The second-order valence-electron chi connectivity index (χ2n) is 6.02. The Balaban J connectivity index is 2.26. The van der Waals surface area contributed by atoms with Crippen molar-refractivity contribution in [3.05, 3.63) is 48.0 Å². The van der Waals surface area contributed by atoms with Crippen molar-refractivity contribution in [1.82, 2.24) is 5.32 Å². The van der Waals surface area contributed by atoms with Crippen molar-refractivity contribution < 1.29 is 19.4 Å². The molecule has 0 saturated heterocycles. The van der Waals surface area contributed by atoms with E-state index in [1.165, 1.54) is 0 Å². The lowest BCUT2D eigenvalue weighted by atomic mass is 10.0. The standard InChI is InChI=1S/C17H19NO4/c1-17(2,3)22-16(21)18-14(15(19)20)13-9-8-11-6-4-5-7-12(11)10-13/h4-10,14H,1-3H3,(H,18,21)(H,19,20)/t14-/m0/s1. The van der Waals surface area contributed by atoms with E-state index in [1.54, 1.807) is 32.9 Å². The maximum Gasteiger partial charge on any atom is 0.408 e. The summed E-state index contributed by atoms with van der Waals surface area (Å²) in [6, 6.07) is 11.8. The number of aliphatic carboxylic acids is 1. The van der Waals surface area contributed by atoms with E-state index in [4.69, 9.17) is 4.74 Å². The van der Waals surface area contributed by atoms with Crippen molar-refractivity contribution in [2.45, 2.75) is 32.4 Å². The van der Waals surface area contributed by atoms with Crippen LogP contribution < -0.4 is 5.32 Å². The Kier molecular flexibility index (Phi) is 4.35. The molecular weight excluding hydrogens is 282 g/mol. The molecule has 0 bridgehead atoms. The van der Waals surface area contributed by atoms with E-state index in [0.717, 1.165) is 10.8 Å². The lowest BCUT2D eigenvalue weighted by Crippen LogP contribution is -2.38. The predicted molar refractivity (Wildman–Crippen MR) is 83.7 cm³/mol. The van der Waals surface area contributed by atoms with Gasteiger partial charge in [-0.1, -0.05) is 36.4 Å². The second-order valence-corrected chi connectivity index (χ2v) is 6.02. The van der Waals surface area contributed by atoms with Crippen LogP contribution in [-0.2, 0) is 9.53 Å². The highest BCUT2D eigenvalue weighted by atomic mass is 16.6. The SMILES string of the molecule is CC(C)(C)OC(=O)N[C@H](C(=O)O)c1ccc2ccccc2c1. The van der Waals surface area contributed by atoms with Gasteiger partial charge in [-0.3, -0.25) is 0 Å². The summed E-state index contributed by atoms with van der Waals surface area (Å²) in [5.41, 5.74) is -0.187. The smallest absolute Gasteiger partial charge is 0.408 e. The molecule has 1 atom stereocenters. The number of carbonyl (C=O) groups excluding carboxylic acids is 1. The van der Waals surface area contributed by atoms with E-state index in [9.17, 15) is 14.7 Å². The first-order chi connectivity index (χ1) is 10.3. The molecule has 5 nitrogen and oxygen atoms in total. The Hall–Kier alpha value is -2.56. The third-order valence-electron chi connectivity index (χ3n) is 3.01. The van der Waals surface area contributed by atoms with E-state index in [0.29, 0.717) is 5.56 Å². The molecule has 116 valence electrons. The summed E-state index contributed by atoms with van der Waals surface area (Å²) in [6.45, 7) is 5.16. The molecule has 0 saturated carbocycles. The van der Waals surface area contributed by atoms with Crippen molar-refractivity contribution in [3.8, 4) is 0 Å². The van der Waals surface area contributed by atoms with Gasteiger partial charge in [0.05, 0.1) is 0 Å². The normalized spacial score (nSPS) is 12.7. The molecule has 0 aliphatic heterocycles. The summed E-state index contributed by atoms with van der Waals surface area (Å²) in [4.78, 5) is 23.3. The van der Waals surface area contributed by atoms with Gasteiger partial charge in [-0.05, 0) is 43.2 Å². The zero-order valence-electron chi connectivity index (χ0n) is 12.8. The number of rotatable bonds is 3. The number of hydrogen-bond donors (Lipinski definition) is 2. The fraction of sp³-hybridized carbons (Fsp3) is 0.294. The van der Waals surface area contributed by atoms with Crippen LogP contribution in [-0.4, -0.2) is 22.8 Å². The molecule has 22 heavy (non-hydrogen) atoms. The van der Waals surface area contributed by atoms with Gasteiger partial charge in [0.1, 0.15) is 5.60 Å². The minimum atomic E-state index is -1.15. The summed E-state index contributed by atoms with van der Waals surface area (Å²) in [6.07, 6.45) is -0.756. The lowest BCUT2D eigenvalue weighted by Gasteiger charge is -2.22. The largest absolute Gasteiger partial charge is 0.479 e. The van der Waals surface area contributed by atoms with Crippen molar-refractivity contribution in [2.75, 3.05) is 0 Å². The van der Waals surface area contributed by atoms with Crippen LogP contribution in [0, 0.1) is 0 Å². The number of hydrogen-bond acceptors (Lipinski definition) is 3. The Morgan fingerprint density at radius 3 is 2.32 bits per heavy atom. The van der Waals surface area contributed by atoms with E-state index in [-0.39, 0.29) is 0 Å². The molecule has 0 aliphatic carbocycles. The summed E-state index contributed by atoms with van der Waals surface area (Å²) >= 11 is 0. The molecule has 0 aromatic heterocycles. The van der Waals surface area contributed by atoms with Gasteiger partial charge in [-0.15, -0.1) is 0 Å². The Morgan fingerprint density at radius 1 is 1.09 bits per heavy atom. The molecule has 2 aromatic carbocycles. The number of fused-ring (bicyclic) bond motifs is 1. The van der Waals surface area contributed by atoms with Crippen LogP contribution in [0.3, 0.4) is 0 Å². The van der Waals surface area contributed by atoms with Gasteiger partial charge in [-0.2, -0.15) is 0 Å². The average Bonchev–Trinajstić information content (AvgIpc) is 2.42. The minimum Gasteiger partial charge on any atom is -0.479 e. The first-order valence-corrected chi connectivity index (χ1v) is 6.97. The predicted octanol–water partition coefficient (Wildman–Crippen LogP) is 3.49. The molecule has 5 heteroatoms. The van der Waals surface area contributed by atoms with Crippen LogP contribution in [0.2, 0.25) is 0 Å². The third-order valence-corrected chi connectivity index (χ3v) is 3.01. The van der Waals surface area contributed by atoms with Gasteiger partial charge >= 0.3 is 12.1 Å². The van der Waals surface area contributed by atoms with E-state index >= 15 is 0 Å². The van der Waals surface area contributed by atoms with Gasteiger partial charge in [-0.25, -0.2) is 9.59 Å². The number of amides is 1. The first-order valence-electron chi connectivity index (χ1n) is 6.97. The van der Waals surface area contributed by atoms with Crippen molar-refractivity contribution in [2.24, 2.45) is 0 Å². The van der Waals surface area contributed by atoms with E-state index < -0.39 is 23.7 Å². The van der Waals surface area contributed by atoms with Crippen molar-refractivity contribution >= 4 is 22.8 Å². The van der Waals surface area contributed by atoms with E-state index in [1.807, 2.05) is 30.3 Å². The number of nitrogens with one attached hydrogen (secondary N) is 1. The molecule has 2 N–H and O–H groups in total. The van der Waals surface area contributed by atoms with Crippen LogP contribution in [0.4, 0.5) is 4.79 Å². The zero-order valence-corrected chi connectivity index (χ0v) is 12.8. The molecular formula is C17H19NO4. The number of alkyl carbamates (subject to hydrolysis) is 1. The van der Waals surface area contributed by atoms with Crippen LogP contribution in [0.5, 0.6) is 0 Å². The summed E-state index contributed by atoms with van der Waals surface area (Å²) in [5, 5.41) is 13.7. The summed E-state index contributed by atoms with van der Waals surface area (Å²) in [7, 11) is 0. The van der Waals surface area contributed by atoms with Crippen molar-refractivity contribution in [3.63, 3.8) is 0 Å². The molecule has 0 heterocycles. The van der Waals surface area contributed by atoms with Gasteiger partial charge in [0.2, 0.25) is 0 Å². The molecule has 0 fully saturated rings. The topological polar surface area (TPSA) is 75.6 Å². The minimum absolute atomic E-state index is 0.497. The number of ether oxygens (including phenoxy) is 1. The quantitative estimate of drug-likeness (QED) is 0.910. The first kappa shape index (κ1) is 15.8. The number of carboxylic acids is 1. The third kappa shape index (κ3) is 3.97. The van der Waals surface area contributed by atoms with Crippen LogP contribution in [0.1, 0.15) is 32.4 Å². The van der Waals surface area contributed by atoms with Crippen LogP contribution in [0.25, 0.3) is 10.8 Å². The van der Waals surface area contributed by atoms with E-state index in [2.05, 4.69) is 5.32 Å². The number of benzene rings is 2. The lowest BCUT2D eigenvalue weighted by molar-refractivity contribution is -0.139. The maximum absolute atomic E-state index is 11.8. The Morgan fingerprint density at radius 2 is 1.73 bits per heavy atom.